The summed E-state index contributed by atoms with van der Waals surface area (Å²) in [6, 6.07) is 0. The second kappa shape index (κ2) is 12.5. The van der Waals surface area contributed by atoms with Crippen LogP contribution in [0.25, 0.3) is 0 Å². The van der Waals surface area contributed by atoms with Crippen molar-refractivity contribution in [2.75, 3.05) is 20.0 Å². The van der Waals surface area contributed by atoms with Crippen LogP contribution < -0.4 is 0 Å². The van der Waals surface area contributed by atoms with E-state index in [4.69, 9.17) is 15.9 Å². The van der Waals surface area contributed by atoms with E-state index >= 15 is 0 Å². The fraction of sp³-hybridized carbons (Fsp3) is 0.833. The summed E-state index contributed by atoms with van der Waals surface area (Å²) >= 11 is 0. The van der Waals surface area contributed by atoms with Crippen LogP contribution in [-0.4, -0.2) is 20.0 Å². The lowest BCUT2D eigenvalue weighted by molar-refractivity contribution is -0.0527. The lowest BCUT2D eigenvalue weighted by Gasteiger charge is -2.04. The van der Waals surface area contributed by atoms with E-state index in [1.54, 1.807) is 0 Å². The van der Waals surface area contributed by atoms with E-state index < -0.39 is 0 Å². The molecule has 0 aliphatic heterocycles. The van der Waals surface area contributed by atoms with E-state index in [1.165, 1.54) is 25.7 Å². The minimum absolute atomic E-state index is 0.384. The Labute approximate surface area is 88.0 Å². The van der Waals surface area contributed by atoms with E-state index in [0.717, 1.165) is 13.0 Å². The molecule has 0 aliphatic rings. The van der Waals surface area contributed by atoms with E-state index in [1.807, 2.05) is 0 Å². The van der Waals surface area contributed by atoms with Crippen molar-refractivity contribution < 1.29 is 9.47 Å². The van der Waals surface area contributed by atoms with Gasteiger partial charge in [0.1, 0.15) is 6.79 Å². The van der Waals surface area contributed by atoms with Crippen LogP contribution >= 0.6 is 0 Å². The van der Waals surface area contributed by atoms with Crippen molar-refractivity contribution in [1.29, 1.82) is 0 Å². The molecule has 0 aliphatic carbocycles. The van der Waals surface area contributed by atoms with Gasteiger partial charge in [0.15, 0.2) is 0 Å². The highest BCUT2D eigenvalue weighted by Crippen LogP contribution is 2.02. The third-order valence-electron chi connectivity index (χ3n) is 1.95. The highest BCUT2D eigenvalue weighted by molar-refractivity contribution is 4.82. The Morgan fingerprint density at radius 2 is 1.71 bits per heavy atom. The number of hydrogen-bond donors (Lipinski definition) is 0. The van der Waals surface area contributed by atoms with Crippen LogP contribution in [0.5, 0.6) is 0 Å². The standard InChI is InChI=1S/C12H22O2/c1-3-5-7-8-9-11-14-12-13-10-6-4-2/h2H,3,5-12H2,1H3. The largest absolute Gasteiger partial charge is 0.355 e. The van der Waals surface area contributed by atoms with Gasteiger partial charge in [-0.25, -0.2) is 0 Å². The van der Waals surface area contributed by atoms with Gasteiger partial charge in [0, 0.05) is 13.0 Å². The summed E-state index contributed by atoms with van der Waals surface area (Å²) in [7, 11) is 0. The molecular formula is C12H22O2. The van der Waals surface area contributed by atoms with Crippen LogP contribution in [0, 0.1) is 12.3 Å². The van der Waals surface area contributed by atoms with Gasteiger partial charge in [-0.1, -0.05) is 32.6 Å². The Hall–Kier alpha value is -0.520. The van der Waals surface area contributed by atoms with Crippen LogP contribution in [0.3, 0.4) is 0 Å². The summed E-state index contributed by atoms with van der Waals surface area (Å²) < 4.78 is 10.4. The smallest absolute Gasteiger partial charge is 0.146 e. The zero-order valence-corrected chi connectivity index (χ0v) is 9.26. The van der Waals surface area contributed by atoms with Crippen LogP contribution in [0.1, 0.15) is 45.4 Å². The highest BCUT2D eigenvalue weighted by atomic mass is 16.7. The minimum Gasteiger partial charge on any atom is -0.355 e. The maximum Gasteiger partial charge on any atom is 0.146 e. The molecular weight excluding hydrogens is 176 g/mol. The molecule has 0 unspecified atom stereocenters. The Bertz CT molecular complexity index is 138. The van der Waals surface area contributed by atoms with Gasteiger partial charge in [-0.2, -0.15) is 0 Å². The number of terminal acetylenes is 1. The second-order valence-corrected chi connectivity index (χ2v) is 3.30. The maximum atomic E-state index is 5.27. The Morgan fingerprint density at radius 1 is 1.00 bits per heavy atom. The highest BCUT2D eigenvalue weighted by Gasteiger charge is 1.90. The molecule has 0 atom stereocenters. The van der Waals surface area contributed by atoms with Gasteiger partial charge in [-0.15, -0.1) is 12.3 Å². The Balaban J connectivity index is 2.82. The van der Waals surface area contributed by atoms with Gasteiger partial charge in [0.05, 0.1) is 6.61 Å². The second-order valence-electron chi connectivity index (χ2n) is 3.30. The summed E-state index contributed by atoms with van der Waals surface area (Å²) in [6.07, 6.45) is 12.1. The molecule has 0 radical (unpaired) electrons. The molecule has 0 N–H and O–H groups in total. The average molecular weight is 198 g/mol. The summed E-state index contributed by atoms with van der Waals surface area (Å²) in [4.78, 5) is 0. The normalized spacial score (nSPS) is 10.0. The van der Waals surface area contributed by atoms with Crippen LogP contribution in [0.4, 0.5) is 0 Å². The number of ether oxygens (including phenoxy) is 2. The van der Waals surface area contributed by atoms with Gasteiger partial charge in [-0.05, 0) is 6.42 Å². The molecule has 0 saturated heterocycles. The zero-order valence-electron chi connectivity index (χ0n) is 9.26. The monoisotopic (exact) mass is 198 g/mol. The van der Waals surface area contributed by atoms with Crippen molar-refractivity contribution in [3.8, 4) is 12.3 Å². The molecule has 2 nitrogen and oxygen atoms in total. The van der Waals surface area contributed by atoms with E-state index in [0.29, 0.717) is 19.8 Å². The van der Waals surface area contributed by atoms with E-state index in [2.05, 4.69) is 12.8 Å². The van der Waals surface area contributed by atoms with Crippen molar-refractivity contribution in [3.05, 3.63) is 0 Å². The third-order valence-corrected chi connectivity index (χ3v) is 1.95. The van der Waals surface area contributed by atoms with Crippen molar-refractivity contribution in [2.24, 2.45) is 0 Å². The molecule has 0 aromatic heterocycles. The van der Waals surface area contributed by atoms with Gasteiger partial charge < -0.3 is 9.47 Å². The van der Waals surface area contributed by atoms with Crippen molar-refractivity contribution in [2.45, 2.75) is 45.4 Å². The first-order valence-electron chi connectivity index (χ1n) is 5.50. The fourth-order valence-corrected chi connectivity index (χ4v) is 1.12. The quantitative estimate of drug-likeness (QED) is 0.305. The molecule has 0 fully saturated rings. The average Bonchev–Trinajstić information content (AvgIpc) is 2.21. The molecule has 0 heterocycles. The van der Waals surface area contributed by atoms with Crippen molar-refractivity contribution in [3.63, 3.8) is 0 Å². The Morgan fingerprint density at radius 3 is 2.43 bits per heavy atom. The minimum atomic E-state index is 0.384. The van der Waals surface area contributed by atoms with Crippen molar-refractivity contribution >= 4 is 0 Å². The van der Waals surface area contributed by atoms with Gasteiger partial charge in [0.2, 0.25) is 0 Å². The zero-order chi connectivity index (χ0) is 10.5. The summed E-state index contributed by atoms with van der Waals surface area (Å²) in [5, 5.41) is 0. The molecule has 14 heavy (non-hydrogen) atoms. The molecule has 0 aromatic rings. The first-order chi connectivity index (χ1) is 6.91. The lowest BCUT2D eigenvalue weighted by Crippen LogP contribution is -2.02. The molecule has 0 amide bonds. The van der Waals surface area contributed by atoms with Crippen LogP contribution in [0.2, 0.25) is 0 Å². The van der Waals surface area contributed by atoms with Gasteiger partial charge in [-0.3, -0.25) is 0 Å². The summed E-state index contributed by atoms with van der Waals surface area (Å²) in [5.41, 5.74) is 0. The lowest BCUT2D eigenvalue weighted by atomic mass is 10.2. The van der Waals surface area contributed by atoms with E-state index in [-0.39, 0.29) is 0 Å². The predicted octanol–water partition coefficient (Wildman–Crippen LogP) is 2.97. The number of rotatable bonds is 10. The van der Waals surface area contributed by atoms with Crippen LogP contribution in [0.15, 0.2) is 0 Å². The molecule has 0 spiro atoms. The fourth-order valence-electron chi connectivity index (χ4n) is 1.12. The first kappa shape index (κ1) is 13.5. The third kappa shape index (κ3) is 11.5. The number of unbranched alkanes of at least 4 members (excludes halogenated alkanes) is 4. The molecule has 0 saturated carbocycles. The number of hydrogen-bond acceptors (Lipinski definition) is 2. The Kier molecular flexibility index (Phi) is 12.0. The SMILES string of the molecule is C#CCCOCOCCCCCCC. The molecule has 82 valence electrons. The van der Waals surface area contributed by atoms with Gasteiger partial charge in [0.25, 0.3) is 0 Å². The predicted molar refractivity (Wildman–Crippen MR) is 59.0 cm³/mol. The van der Waals surface area contributed by atoms with E-state index in [9.17, 15) is 0 Å². The van der Waals surface area contributed by atoms with Crippen LogP contribution in [-0.2, 0) is 9.47 Å². The maximum absolute atomic E-state index is 5.27. The molecule has 0 aromatic carbocycles. The topological polar surface area (TPSA) is 18.5 Å². The summed E-state index contributed by atoms with van der Waals surface area (Å²) in [6.45, 7) is 4.01. The molecule has 0 bridgehead atoms. The van der Waals surface area contributed by atoms with Crippen molar-refractivity contribution in [1.82, 2.24) is 0 Å². The summed E-state index contributed by atoms with van der Waals surface area (Å²) in [5.74, 6) is 2.51. The first-order valence-corrected chi connectivity index (χ1v) is 5.50. The molecule has 0 rings (SSSR count). The molecule has 2 heteroatoms. The van der Waals surface area contributed by atoms with Gasteiger partial charge >= 0.3 is 0 Å².